The summed E-state index contributed by atoms with van der Waals surface area (Å²) in [6, 6.07) is 14.9. The fourth-order valence-electron chi connectivity index (χ4n) is 3.03. The Hall–Kier alpha value is -3.26. The quantitative estimate of drug-likeness (QED) is 0.686. The van der Waals surface area contributed by atoms with Crippen LogP contribution in [0, 0.1) is 5.82 Å². The Labute approximate surface area is 161 Å². The third-order valence-electron chi connectivity index (χ3n) is 4.33. The Bertz CT molecular complexity index is 1170. The first-order valence-electron chi connectivity index (χ1n) is 8.52. The first-order chi connectivity index (χ1) is 13.4. The van der Waals surface area contributed by atoms with Crippen LogP contribution in [0.3, 0.4) is 0 Å². The fraction of sp³-hybridized carbons (Fsp3) is 0.100. The maximum atomic E-state index is 13.3. The number of carbonyl (C=O) groups is 1. The van der Waals surface area contributed by atoms with Gasteiger partial charge in [-0.25, -0.2) is 17.5 Å². The molecule has 6 nitrogen and oxygen atoms in total. The molecule has 0 radical (unpaired) electrons. The van der Waals surface area contributed by atoms with Crippen molar-refractivity contribution < 1.29 is 17.6 Å². The van der Waals surface area contributed by atoms with Crippen molar-refractivity contribution in [3.8, 4) is 5.69 Å². The van der Waals surface area contributed by atoms with Crippen molar-refractivity contribution >= 4 is 27.6 Å². The number of aromatic nitrogens is 2. The number of rotatable bonds is 4. The molecule has 0 aliphatic carbocycles. The lowest BCUT2D eigenvalue weighted by molar-refractivity contribution is -0.111. The molecule has 1 N–H and O–H groups in total. The molecule has 2 aromatic carbocycles. The number of amides is 1. The van der Waals surface area contributed by atoms with Gasteiger partial charge in [-0.05, 0) is 35.9 Å². The van der Waals surface area contributed by atoms with Gasteiger partial charge < -0.3 is 5.32 Å². The van der Waals surface area contributed by atoms with Crippen LogP contribution in [0.5, 0.6) is 0 Å². The van der Waals surface area contributed by atoms with Crippen LogP contribution < -0.4 is 5.32 Å². The topological polar surface area (TPSA) is 81.1 Å². The maximum absolute atomic E-state index is 13.3. The van der Waals surface area contributed by atoms with Gasteiger partial charge in [0.1, 0.15) is 11.6 Å². The summed E-state index contributed by atoms with van der Waals surface area (Å²) in [4.78, 5) is 12.4. The highest BCUT2D eigenvalue weighted by Crippen LogP contribution is 2.33. The van der Waals surface area contributed by atoms with Crippen LogP contribution in [0.4, 0.5) is 10.2 Å². The van der Waals surface area contributed by atoms with Crippen molar-refractivity contribution in [2.45, 2.75) is 11.5 Å². The van der Waals surface area contributed by atoms with E-state index in [1.165, 1.54) is 35.0 Å². The highest BCUT2D eigenvalue weighted by Gasteiger charge is 2.33. The van der Waals surface area contributed by atoms with Gasteiger partial charge in [0.05, 0.1) is 22.9 Å². The molecule has 1 aliphatic rings. The van der Waals surface area contributed by atoms with Gasteiger partial charge in [-0.1, -0.05) is 30.3 Å². The van der Waals surface area contributed by atoms with Gasteiger partial charge in [0.25, 0.3) is 0 Å². The van der Waals surface area contributed by atoms with Gasteiger partial charge >= 0.3 is 0 Å². The SMILES string of the molecule is O=C(C=Cc1ccccc1)Nc1c2c(nn1-c1ccc(F)cc1)CS(=O)(=O)C2. The summed E-state index contributed by atoms with van der Waals surface area (Å²) in [6.45, 7) is 0. The summed E-state index contributed by atoms with van der Waals surface area (Å²) < 4.78 is 38.6. The smallest absolute Gasteiger partial charge is 0.249 e. The molecule has 3 aromatic rings. The summed E-state index contributed by atoms with van der Waals surface area (Å²) in [6.07, 6.45) is 3.03. The van der Waals surface area contributed by atoms with Gasteiger partial charge in [-0.3, -0.25) is 4.79 Å². The van der Waals surface area contributed by atoms with Crippen molar-refractivity contribution in [1.29, 1.82) is 0 Å². The van der Waals surface area contributed by atoms with E-state index in [0.29, 0.717) is 16.9 Å². The number of halogens is 1. The van der Waals surface area contributed by atoms with E-state index in [0.717, 1.165) is 5.56 Å². The Morgan fingerprint density at radius 3 is 2.50 bits per heavy atom. The molecular weight excluding hydrogens is 381 g/mol. The molecule has 1 aliphatic heterocycles. The molecule has 1 amide bonds. The van der Waals surface area contributed by atoms with Crippen LogP contribution in [-0.4, -0.2) is 24.1 Å². The lowest BCUT2D eigenvalue weighted by Crippen LogP contribution is -2.14. The molecule has 0 atom stereocenters. The van der Waals surface area contributed by atoms with E-state index in [4.69, 9.17) is 0 Å². The Morgan fingerprint density at radius 1 is 1.07 bits per heavy atom. The molecular formula is C20H16FN3O3S. The van der Waals surface area contributed by atoms with Crippen molar-refractivity contribution in [1.82, 2.24) is 9.78 Å². The normalized spacial score (nSPS) is 14.9. The van der Waals surface area contributed by atoms with Crippen molar-refractivity contribution in [2.24, 2.45) is 0 Å². The molecule has 0 spiro atoms. The number of anilines is 1. The van der Waals surface area contributed by atoms with E-state index < -0.39 is 21.6 Å². The van der Waals surface area contributed by atoms with Crippen molar-refractivity contribution in [2.75, 3.05) is 5.32 Å². The lowest BCUT2D eigenvalue weighted by atomic mass is 10.2. The van der Waals surface area contributed by atoms with Gasteiger partial charge in [0, 0.05) is 11.6 Å². The van der Waals surface area contributed by atoms with Crippen LogP contribution in [0.25, 0.3) is 11.8 Å². The molecule has 8 heteroatoms. The number of fused-ring (bicyclic) bond motifs is 1. The van der Waals surface area contributed by atoms with Crippen LogP contribution in [0.2, 0.25) is 0 Å². The molecule has 142 valence electrons. The zero-order valence-electron chi connectivity index (χ0n) is 14.7. The zero-order chi connectivity index (χ0) is 19.7. The second-order valence-corrected chi connectivity index (χ2v) is 8.49. The predicted octanol–water partition coefficient (Wildman–Crippen LogP) is 3.09. The number of nitrogens with one attached hydrogen (secondary N) is 1. The monoisotopic (exact) mass is 397 g/mol. The largest absolute Gasteiger partial charge is 0.307 e. The molecule has 4 rings (SSSR count). The summed E-state index contributed by atoms with van der Waals surface area (Å²) >= 11 is 0. The number of carbonyl (C=O) groups excluding carboxylic acids is 1. The summed E-state index contributed by atoms with van der Waals surface area (Å²) in [5.41, 5.74) is 2.24. The molecule has 0 unspecified atom stereocenters. The third-order valence-corrected chi connectivity index (χ3v) is 5.77. The number of sulfone groups is 1. The van der Waals surface area contributed by atoms with Gasteiger partial charge in [0.15, 0.2) is 9.84 Å². The average Bonchev–Trinajstić information content (AvgIpc) is 3.14. The lowest BCUT2D eigenvalue weighted by Gasteiger charge is -2.10. The Balaban J connectivity index is 1.68. The Morgan fingerprint density at radius 2 is 1.79 bits per heavy atom. The molecule has 2 heterocycles. The summed E-state index contributed by atoms with van der Waals surface area (Å²) in [5.74, 6) is -0.909. The van der Waals surface area contributed by atoms with Crippen LogP contribution in [0.1, 0.15) is 16.8 Å². The van der Waals surface area contributed by atoms with Crippen LogP contribution in [-0.2, 0) is 26.1 Å². The third kappa shape index (κ3) is 3.72. The van der Waals surface area contributed by atoms with Gasteiger partial charge in [-0.15, -0.1) is 0 Å². The fourth-order valence-corrected chi connectivity index (χ4v) is 4.53. The highest BCUT2D eigenvalue weighted by molar-refractivity contribution is 7.90. The molecule has 0 fully saturated rings. The molecule has 28 heavy (non-hydrogen) atoms. The number of hydrogen-bond acceptors (Lipinski definition) is 4. The minimum atomic E-state index is -3.29. The molecule has 0 saturated carbocycles. The van der Waals surface area contributed by atoms with Crippen molar-refractivity contribution in [3.05, 3.63) is 83.3 Å². The first-order valence-corrected chi connectivity index (χ1v) is 10.3. The standard InChI is InChI=1S/C20H16FN3O3S/c21-15-7-9-16(10-8-15)24-20(17-12-28(26,27)13-18(17)23-24)22-19(25)11-6-14-4-2-1-3-5-14/h1-11H,12-13H2,(H,22,25). The highest BCUT2D eigenvalue weighted by atomic mass is 32.2. The van der Waals surface area contributed by atoms with Gasteiger partial charge in [-0.2, -0.15) is 5.10 Å². The zero-order valence-corrected chi connectivity index (χ0v) is 15.5. The minimum absolute atomic E-state index is 0.181. The maximum Gasteiger partial charge on any atom is 0.249 e. The second kappa shape index (κ2) is 7.05. The van der Waals surface area contributed by atoms with E-state index in [2.05, 4.69) is 10.4 Å². The van der Waals surface area contributed by atoms with Crippen LogP contribution >= 0.6 is 0 Å². The first kappa shape index (κ1) is 18.1. The second-order valence-electron chi connectivity index (χ2n) is 6.43. The van der Waals surface area contributed by atoms with E-state index in [1.807, 2.05) is 30.3 Å². The molecule has 0 saturated heterocycles. The van der Waals surface area contributed by atoms with E-state index in [1.54, 1.807) is 6.08 Å². The Kier molecular flexibility index (Phi) is 4.56. The van der Waals surface area contributed by atoms with Crippen molar-refractivity contribution in [3.63, 3.8) is 0 Å². The number of nitrogens with zero attached hydrogens (tertiary/aromatic N) is 2. The van der Waals surface area contributed by atoms with E-state index in [-0.39, 0.29) is 17.3 Å². The van der Waals surface area contributed by atoms with E-state index in [9.17, 15) is 17.6 Å². The van der Waals surface area contributed by atoms with E-state index >= 15 is 0 Å². The molecule has 0 bridgehead atoms. The minimum Gasteiger partial charge on any atom is -0.307 e. The average molecular weight is 397 g/mol. The summed E-state index contributed by atoms with van der Waals surface area (Å²) in [5, 5.41) is 7.06. The molecule has 1 aromatic heterocycles. The number of benzene rings is 2. The summed E-state index contributed by atoms with van der Waals surface area (Å²) in [7, 11) is -3.29. The van der Waals surface area contributed by atoms with Gasteiger partial charge in [0.2, 0.25) is 5.91 Å². The predicted molar refractivity (Wildman–Crippen MR) is 104 cm³/mol. The van der Waals surface area contributed by atoms with Crippen LogP contribution in [0.15, 0.2) is 60.7 Å². The number of hydrogen-bond donors (Lipinski definition) is 1.